The smallest absolute Gasteiger partial charge is 0.219 e. The van der Waals surface area contributed by atoms with E-state index in [2.05, 4.69) is 53.4 Å². The number of hydrogen-bond donors (Lipinski definition) is 0. The summed E-state index contributed by atoms with van der Waals surface area (Å²) in [5.74, 6) is 1.12. The molecule has 4 rings (SSSR count). The molecule has 2 heterocycles. The van der Waals surface area contributed by atoms with E-state index in [1.54, 1.807) is 6.92 Å². The van der Waals surface area contributed by atoms with Crippen molar-refractivity contribution >= 4 is 5.91 Å². The standard InChI is InChI=1S/C24H30N2O2/c1-3-28-22-10-8-20(9-11-22)16-25-14-12-24(13-15-25)18-26(19(2)27)17-21-6-4-5-7-23(21)24/h4-11H,3,12-18H2,1-2H3. The first kappa shape index (κ1) is 19.0. The van der Waals surface area contributed by atoms with Crippen LogP contribution in [0.2, 0.25) is 0 Å². The number of fused-ring (bicyclic) bond motifs is 2. The van der Waals surface area contributed by atoms with E-state index in [1.165, 1.54) is 16.7 Å². The molecule has 1 saturated heterocycles. The molecule has 0 aromatic heterocycles. The van der Waals surface area contributed by atoms with E-state index in [1.807, 2.05) is 11.8 Å². The highest BCUT2D eigenvalue weighted by molar-refractivity contribution is 5.74. The monoisotopic (exact) mass is 378 g/mol. The Morgan fingerprint density at radius 2 is 1.79 bits per heavy atom. The molecule has 2 aromatic carbocycles. The van der Waals surface area contributed by atoms with Crippen molar-refractivity contribution in [3.05, 3.63) is 65.2 Å². The van der Waals surface area contributed by atoms with Crippen LogP contribution in [-0.4, -0.2) is 41.9 Å². The van der Waals surface area contributed by atoms with E-state index in [4.69, 9.17) is 4.74 Å². The molecule has 0 aliphatic carbocycles. The molecule has 0 saturated carbocycles. The molecular weight excluding hydrogens is 348 g/mol. The van der Waals surface area contributed by atoms with Gasteiger partial charge in [-0.1, -0.05) is 36.4 Å². The lowest BCUT2D eigenvalue weighted by molar-refractivity contribution is -0.131. The molecule has 4 nitrogen and oxygen atoms in total. The third-order valence-electron chi connectivity index (χ3n) is 6.34. The predicted molar refractivity (Wildman–Crippen MR) is 111 cm³/mol. The summed E-state index contributed by atoms with van der Waals surface area (Å²) in [5, 5.41) is 0. The summed E-state index contributed by atoms with van der Waals surface area (Å²) in [4.78, 5) is 16.7. The molecule has 1 amide bonds. The van der Waals surface area contributed by atoms with Crippen molar-refractivity contribution in [3.63, 3.8) is 0 Å². The Balaban J connectivity index is 1.46. The van der Waals surface area contributed by atoms with Crippen molar-refractivity contribution in [3.8, 4) is 5.75 Å². The van der Waals surface area contributed by atoms with Crippen molar-refractivity contribution in [2.24, 2.45) is 0 Å². The van der Waals surface area contributed by atoms with Crippen LogP contribution in [0, 0.1) is 0 Å². The second-order valence-corrected chi connectivity index (χ2v) is 8.17. The molecule has 1 spiro atoms. The summed E-state index contributed by atoms with van der Waals surface area (Å²) in [6.07, 6.45) is 2.20. The van der Waals surface area contributed by atoms with Crippen molar-refractivity contribution in [1.82, 2.24) is 9.80 Å². The first-order valence-corrected chi connectivity index (χ1v) is 10.4. The van der Waals surface area contributed by atoms with Crippen LogP contribution in [0.25, 0.3) is 0 Å². The van der Waals surface area contributed by atoms with Crippen LogP contribution in [0.1, 0.15) is 43.4 Å². The maximum absolute atomic E-state index is 12.1. The zero-order valence-corrected chi connectivity index (χ0v) is 17.0. The third kappa shape index (κ3) is 3.79. The summed E-state index contributed by atoms with van der Waals surface area (Å²) < 4.78 is 5.54. The number of amides is 1. The summed E-state index contributed by atoms with van der Waals surface area (Å²) >= 11 is 0. The lowest BCUT2D eigenvalue weighted by Gasteiger charge is -2.48. The van der Waals surface area contributed by atoms with Crippen LogP contribution >= 0.6 is 0 Å². The molecule has 0 atom stereocenters. The largest absolute Gasteiger partial charge is 0.494 e. The van der Waals surface area contributed by atoms with E-state index in [9.17, 15) is 4.79 Å². The number of piperidine rings is 1. The van der Waals surface area contributed by atoms with E-state index in [0.29, 0.717) is 6.61 Å². The number of benzene rings is 2. The van der Waals surface area contributed by atoms with Crippen molar-refractivity contribution in [1.29, 1.82) is 0 Å². The minimum atomic E-state index is 0.107. The van der Waals surface area contributed by atoms with Gasteiger partial charge in [0.25, 0.3) is 0 Å². The van der Waals surface area contributed by atoms with Gasteiger partial charge in [-0.25, -0.2) is 0 Å². The van der Waals surface area contributed by atoms with E-state index < -0.39 is 0 Å². The molecule has 28 heavy (non-hydrogen) atoms. The average molecular weight is 379 g/mol. The normalized spacial score (nSPS) is 18.7. The zero-order valence-electron chi connectivity index (χ0n) is 17.0. The van der Waals surface area contributed by atoms with Gasteiger partial charge in [0.2, 0.25) is 5.91 Å². The fourth-order valence-corrected chi connectivity index (χ4v) is 4.79. The van der Waals surface area contributed by atoms with E-state index >= 15 is 0 Å². The molecular formula is C24H30N2O2. The predicted octanol–water partition coefficient (Wildman–Crippen LogP) is 3.98. The van der Waals surface area contributed by atoms with Gasteiger partial charge in [0.1, 0.15) is 5.75 Å². The second kappa shape index (κ2) is 7.96. The van der Waals surface area contributed by atoms with Gasteiger partial charge < -0.3 is 9.64 Å². The Morgan fingerprint density at radius 3 is 2.46 bits per heavy atom. The topological polar surface area (TPSA) is 32.8 Å². The van der Waals surface area contributed by atoms with Crippen LogP contribution < -0.4 is 4.74 Å². The molecule has 2 aromatic rings. The second-order valence-electron chi connectivity index (χ2n) is 8.17. The van der Waals surface area contributed by atoms with Crippen LogP contribution in [0.15, 0.2) is 48.5 Å². The van der Waals surface area contributed by atoms with Gasteiger partial charge in [-0.15, -0.1) is 0 Å². The zero-order chi connectivity index (χ0) is 19.6. The molecule has 0 bridgehead atoms. The van der Waals surface area contributed by atoms with Gasteiger partial charge in [-0.05, 0) is 61.7 Å². The van der Waals surface area contributed by atoms with Crippen LogP contribution in [0.3, 0.4) is 0 Å². The lowest BCUT2D eigenvalue weighted by atomic mass is 9.69. The van der Waals surface area contributed by atoms with Gasteiger partial charge in [-0.2, -0.15) is 0 Å². The Kier molecular flexibility index (Phi) is 5.40. The number of likely N-dealkylation sites (tertiary alicyclic amines) is 1. The number of carbonyl (C=O) groups excluding carboxylic acids is 1. The average Bonchev–Trinajstić information content (AvgIpc) is 2.71. The Morgan fingerprint density at radius 1 is 1.07 bits per heavy atom. The number of rotatable bonds is 4. The van der Waals surface area contributed by atoms with Crippen molar-refractivity contribution in [2.45, 2.75) is 45.2 Å². The van der Waals surface area contributed by atoms with Gasteiger partial charge >= 0.3 is 0 Å². The fraction of sp³-hybridized carbons (Fsp3) is 0.458. The van der Waals surface area contributed by atoms with Gasteiger partial charge in [-0.3, -0.25) is 9.69 Å². The maximum atomic E-state index is 12.1. The quantitative estimate of drug-likeness (QED) is 0.807. The Labute approximate surface area is 168 Å². The molecule has 148 valence electrons. The number of nitrogens with zero attached hydrogens (tertiary/aromatic N) is 2. The SMILES string of the molecule is CCOc1ccc(CN2CCC3(CC2)CN(C(C)=O)Cc2ccccc23)cc1. The highest BCUT2D eigenvalue weighted by Crippen LogP contribution is 2.42. The summed E-state index contributed by atoms with van der Waals surface area (Å²) in [6.45, 7) is 9.11. The van der Waals surface area contributed by atoms with E-state index in [0.717, 1.165) is 51.3 Å². The van der Waals surface area contributed by atoms with Crippen molar-refractivity contribution in [2.75, 3.05) is 26.2 Å². The van der Waals surface area contributed by atoms with Crippen molar-refractivity contribution < 1.29 is 9.53 Å². The lowest BCUT2D eigenvalue weighted by Crippen LogP contribution is -2.52. The van der Waals surface area contributed by atoms with Gasteiger partial charge in [0.05, 0.1) is 6.61 Å². The fourth-order valence-electron chi connectivity index (χ4n) is 4.79. The number of hydrogen-bond acceptors (Lipinski definition) is 3. The molecule has 1 fully saturated rings. The van der Waals surface area contributed by atoms with Crippen LogP contribution in [0.5, 0.6) is 5.75 Å². The Bertz CT molecular complexity index is 823. The minimum absolute atomic E-state index is 0.107. The third-order valence-corrected chi connectivity index (χ3v) is 6.34. The summed E-state index contributed by atoms with van der Waals surface area (Å²) in [7, 11) is 0. The van der Waals surface area contributed by atoms with E-state index in [-0.39, 0.29) is 11.3 Å². The summed E-state index contributed by atoms with van der Waals surface area (Å²) in [5.41, 5.74) is 4.22. The number of ether oxygens (including phenoxy) is 1. The highest BCUT2D eigenvalue weighted by atomic mass is 16.5. The number of carbonyl (C=O) groups is 1. The maximum Gasteiger partial charge on any atom is 0.219 e. The van der Waals surface area contributed by atoms with Crippen LogP contribution in [0.4, 0.5) is 0 Å². The summed E-state index contributed by atoms with van der Waals surface area (Å²) in [6, 6.07) is 17.2. The van der Waals surface area contributed by atoms with Gasteiger partial charge in [0.15, 0.2) is 0 Å². The first-order valence-electron chi connectivity index (χ1n) is 10.4. The molecule has 2 aliphatic rings. The molecule has 0 N–H and O–H groups in total. The molecule has 0 unspecified atom stereocenters. The first-order chi connectivity index (χ1) is 13.6. The minimum Gasteiger partial charge on any atom is -0.494 e. The molecule has 2 aliphatic heterocycles. The van der Waals surface area contributed by atoms with Crippen LogP contribution in [-0.2, 0) is 23.3 Å². The molecule has 0 radical (unpaired) electrons. The van der Waals surface area contributed by atoms with Gasteiger partial charge in [0, 0.05) is 32.0 Å². The highest BCUT2D eigenvalue weighted by Gasteiger charge is 2.42. The Hall–Kier alpha value is -2.33. The molecule has 4 heteroatoms.